The molecule has 1 aliphatic heterocycles. The lowest BCUT2D eigenvalue weighted by atomic mass is 9.92. The number of piperidine rings is 1. The van der Waals surface area contributed by atoms with Gasteiger partial charge in [0.15, 0.2) is 0 Å². The molecule has 16 heavy (non-hydrogen) atoms. The van der Waals surface area contributed by atoms with Crippen LogP contribution in [0.2, 0.25) is 5.02 Å². The first-order valence-corrected chi connectivity index (χ1v) is 6.08. The van der Waals surface area contributed by atoms with Crippen LogP contribution in [0.25, 0.3) is 0 Å². The number of carbonyl (C=O) groups is 1. The zero-order valence-electron chi connectivity index (χ0n) is 9.37. The molecule has 1 fully saturated rings. The number of hydrogen-bond donors (Lipinski definition) is 1. The number of halogens is 1. The van der Waals surface area contributed by atoms with Crippen LogP contribution in [-0.2, 0) is 11.2 Å². The van der Waals surface area contributed by atoms with Crippen molar-refractivity contribution in [2.24, 2.45) is 5.92 Å². The summed E-state index contributed by atoms with van der Waals surface area (Å²) >= 11 is 5.83. The Hall–Kier alpha value is -1.02. The van der Waals surface area contributed by atoms with Gasteiger partial charge in [-0.2, -0.15) is 0 Å². The fourth-order valence-corrected chi connectivity index (χ4v) is 2.18. The number of carbonyl (C=O) groups excluding carboxylic acids is 1. The highest BCUT2D eigenvalue weighted by Gasteiger charge is 2.24. The summed E-state index contributed by atoms with van der Waals surface area (Å²) in [5.41, 5.74) is 1.23. The van der Waals surface area contributed by atoms with Gasteiger partial charge in [0.05, 0.1) is 0 Å². The number of hydrogen-bond acceptors (Lipinski definition) is 1. The zero-order chi connectivity index (χ0) is 11.5. The molecular weight excluding hydrogens is 222 g/mol. The number of benzene rings is 1. The Bertz CT molecular complexity index is 374. The topological polar surface area (TPSA) is 29.1 Å². The number of amides is 1. The van der Waals surface area contributed by atoms with Gasteiger partial charge in [-0.05, 0) is 37.0 Å². The van der Waals surface area contributed by atoms with Gasteiger partial charge in [-0.3, -0.25) is 4.79 Å². The molecular formula is C13H16ClNO. The van der Waals surface area contributed by atoms with Crippen molar-refractivity contribution in [2.45, 2.75) is 32.2 Å². The summed E-state index contributed by atoms with van der Waals surface area (Å²) in [6, 6.07) is 8.11. The van der Waals surface area contributed by atoms with Crippen LogP contribution in [0.4, 0.5) is 0 Å². The van der Waals surface area contributed by atoms with E-state index in [0.29, 0.717) is 0 Å². The molecule has 1 saturated heterocycles. The van der Waals surface area contributed by atoms with Crippen molar-refractivity contribution >= 4 is 17.5 Å². The van der Waals surface area contributed by atoms with E-state index in [4.69, 9.17) is 11.6 Å². The molecule has 2 rings (SSSR count). The third-order valence-corrected chi connectivity index (χ3v) is 3.39. The van der Waals surface area contributed by atoms with Gasteiger partial charge in [0.2, 0.25) is 5.91 Å². The van der Waals surface area contributed by atoms with E-state index < -0.39 is 0 Å². The summed E-state index contributed by atoms with van der Waals surface area (Å²) in [4.78, 5) is 11.5. The predicted molar refractivity (Wildman–Crippen MR) is 65.5 cm³/mol. The Kier molecular flexibility index (Phi) is 3.49. The van der Waals surface area contributed by atoms with E-state index in [2.05, 4.69) is 5.32 Å². The second-order valence-electron chi connectivity index (χ2n) is 4.51. The summed E-state index contributed by atoms with van der Waals surface area (Å²) in [7, 11) is 0. The maximum Gasteiger partial charge on any atom is 0.223 e. The van der Waals surface area contributed by atoms with Gasteiger partial charge < -0.3 is 5.32 Å². The number of nitrogens with one attached hydrogen (secondary N) is 1. The summed E-state index contributed by atoms with van der Waals surface area (Å²) in [5, 5.41) is 3.81. The molecule has 86 valence electrons. The average molecular weight is 238 g/mol. The van der Waals surface area contributed by atoms with Crippen molar-refractivity contribution in [2.75, 3.05) is 0 Å². The molecule has 0 bridgehead atoms. The number of rotatable bonds is 2. The third kappa shape index (κ3) is 2.76. The molecule has 1 aliphatic rings. The molecule has 0 aromatic heterocycles. The maximum atomic E-state index is 11.5. The Morgan fingerprint density at radius 3 is 2.62 bits per heavy atom. The quantitative estimate of drug-likeness (QED) is 0.842. The van der Waals surface area contributed by atoms with E-state index in [0.717, 1.165) is 24.3 Å². The van der Waals surface area contributed by atoms with Gasteiger partial charge in [-0.15, -0.1) is 0 Å². The van der Waals surface area contributed by atoms with Crippen molar-refractivity contribution in [3.63, 3.8) is 0 Å². The molecule has 1 N–H and O–H groups in total. The summed E-state index contributed by atoms with van der Waals surface area (Å²) < 4.78 is 0. The highest BCUT2D eigenvalue weighted by molar-refractivity contribution is 6.30. The third-order valence-electron chi connectivity index (χ3n) is 3.14. The minimum atomic E-state index is 0.168. The lowest BCUT2D eigenvalue weighted by molar-refractivity contribution is -0.127. The van der Waals surface area contributed by atoms with E-state index in [1.54, 1.807) is 0 Å². The molecule has 0 saturated carbocycles. The molecule has 1 heterocycles. The van der Waals surface area contributed by atoms with Crippen LogP contribution in [0.5, 0.6) is 0 Å². The summed E-state index contributed by atoms with van der Waals surface area (Å²) in [6.45, 7) is 1.98. The zero-order valence-corrected chi connectivity index (χ0v) is 10.1. The van der Waals surface area contributed by atoms with Crippen LogP contribution in [-0.4, -0.2) is 11.9 Å². The van der Waals surface area contributed by atoms with Crippen molar-refractivity contribution in [3.8, 4) is 0 Å². The Labute approximate surface area is 101 Å². The first-order valence-electron chi connectivity index (χ1n) is 5.70. The van der Waals surface area contributed by atoms with E-state index in [1.807, 2.05) is 31.2 Å². The van der Waals surface area contributed by atoms with Gasteiger partial charge in [0.25, 0.3) is 0 Å². The van der Waals surface area contributed by atoms with Gasteiger partial charge in [0, 0.05) is 17.0 Å². The second-order valence-corrected chi connectivity index (χ2v) is 4.95. The monoisotopic (exact) mass is 237 g/mol. The first kappa shape index (κ1) is 11.5. The maximum absolute atomic E-state index is 11.5. The Morgan fingerprint density at radius 2 is 2.00 bits per heavy atom. The Morgan fingerprint density at radius 1 is 1.31 bits per heavy atom. The normalized spacial score (nSPS) is 25.2. The standard InChI is InChI=1S/C13H16ClNO/c1-9-2-7-12(15-13(9)16)8-10-3-5-11(14)6-4-10/h3-6,9,12H,2,7-8H2,1H3,(H,15,16)/t9-,12-/m1/s1. The average Bonchev–Trinajstić information content (AvgIpc) is 2.27. The minimum Gasteiger partial charge on any atom is -0.353 e. The lowest BCUT2D eigenvalue weighted by Gasteiger charge is -2.27. The van der Waals surface area contributed by atoms with Crippen LogP contribution >= 0.6 is 11.6 Å². The van der Waals surface area contributed by atoms with Crippen LogP contribution in [0.15, 0.2) is 24.3 Å². The van der Waals surface area contributed by atoms with Crippen LogP contribution in [0.1, 0.15) is 25.3 Å². The van der Waals surface area contributed by atoms with Crippen LogP contribution < -0.4 is 5.32 Å². The van der Waals surface area contributed by atoms with Crippen molar-refractivity contribution < 1.29 is 4.79 Å². The fraction of sp³-hybridized carbons (Fsp3) is 0.462. The summed E-state index contributed by atoms with van der Waals surface area (Å²) in [5.74, 6) is 0.353. The van der Waals surface area contributed by atoms with Crippen molar-refractivity contribution in [1.82, 2.24) is 5.32 Å². The van der Waals surface area contributed by atoms with E-state index in [-0.39, 0.29) is 17.9 Å². The molecule has 0 spiro atoms. The fourth-order valence-electron chi connectivity index (χ4n) is 2.06. The van der Waals surface area contributed by atoms with E-state index >= 15 is 0 Å². The molecule has 2 atom stereocenters. The van der Waals surface area contributed by atoms with E-state index in [1.165, 1.54) is 5.56 Å². The molecule has 1 aromatic carbocycles. The molecule has 2 nitrogen and oxygen atoms in total. The predicted octanol–water partition coefficient (Wildman–Crippen LogP) is 2.80. The highest BCUT2D eigenvalue weighted by Crippen LogP contribution is 2.18. The molecule has 0 unspecified atom stereocenters. The van der Waals surface area contributed by atoms with Gasteiger partial charge >= 0.3 is 0 Å². The second kappa shape index (κ2) is 4.88. The first-order chi connectivity index (χ1) is 7.65. The van der Waals surface area contributed by atoms with Gasteiger partial charge in [-0.25, -0.2) is 0 Å². The molecule has 1 aromatic rings. The molecule has 3 heteroatoms. The minimum absolute atomic E-state index is 0.168. The summed E-state index contributed by atoms with van der Waals surface area (Å²) in [6.07, 6.45) is 2.95. The van der Waals surface area contributed by atoms with E-state index in [9.17, 15) is 4.79 Å². The lowest BCUT2D eigenvalue weighted by Crippen LogP contribution is -2.44. The Balaban J connectivity index is 1.95. The van der Waals surface area contributed by atoms with Crippen molar-refractivity contribution in [1.29, 1.82) is 0 Å². The molecule has 0 aliphatic carbocycles. The highest BCUT2D eigenvalue weighted by atomic mass is 35.5. The van der Waals surface area contributed by atoms with Gasteiger partial charge in [0.1, 0.15) is 0 Å². The smallest absolute Gasteiger partial charge is 0.223 e. The van der Waals surface area contributed by atoms with Gasteiger partial charge in [-0.1, -0.05) is 30.7 Å². The largest absolute Gasteiger partial charge is 0.353 e. The molecule has 1 amide bonds. The van der Waals surface area contributed by atoms with Crippen LogP contribution in [0, 0.1) is 5.92 Å². The SMILES string of the molecule is C[C@@H]1CC[C@H](Cc2ccc(Cl)cc2)NC1=O. The van der Waals surface area contributed by atoms with Crippen molar-refractivity contribution in [3.05, 3.63) is 34.9 Å². The van der Waals surface area contributed by atoms with Crippen LogP contribution in [0.3, 0.4) is 0 Å². The molecule has 0 radical (unpaired) electrons.